The van der Waals surface area contributed by atoms with Crippen LogP contribution in [-0.2, 0) is 40.0 Å². The standard InChI is InChI=1S/C32H52N10O10/c1-17(2)13-21(28(48)42-24(16-44)31(51)52)40-30(50)23(15-43)41-27(47)20(9-6-12-37-32(35)36)38-29(49)22(14-18-7-4-3-5-8-18)39-26(46)19(33)10-11-25(34)45/h3-5,7-8,17,19-24,43-44H,6,9-16,33H2,1-2H3,(H2,34,45)(H,38,49)(H,39,46)(H,40,50)(H,41,47)(H,42,48)(H,51,52)(H4,35,36,37)/t19-,20-,21-,22-,23-,24-/m0/s1. The summed E-state index contributed by atoms with van der Waals surface area (Å²) in [7, 11) is 0. The van der Waals surface area contributed by atoms with Gasteiger partial charge in [-0.15, -0.1) is 0 Å². The van der Waals surface area contributed by atoms with Gasteiger partial charge in [0.15, 0.2) is 5.96 Å². The highest BCUT2D eigenvalue weighted by atomic mass is 16.4. The van der Waals surface area contributed by atoms with E-state index in [9.17, 15) is 48.9 Å². The molecule has 0 aromatic heterocycles. The summed E-state index contributed by atoms with van der Waals surface area (Å²) in [6.07, 6.45) is -0.159. The third-order valence-corrected chi connectivity index (χ3v) is 7.49. The third kappa shape index (κ3) is 17.1. The zero-order valence-electron chi connectivity index (χ0n) is 29.2. The predicted molar refractivity (Wildman–Crippen MR) is 187 cm³/mol. The molecular weight excluding hydrogens is 684 g/mol. The number of carbonyl (C=O) groups excluding carboxylic acids is 6. The molecule has 0 aliphatic carbocycles. The Morgan fingerprint density at radius 2 is 1.19 bits per heavy atom. The summed E-state index contributed by atoms with van der Waals surface area (Å²) in [5.74, 6) is -6.97. The molecule has 0 aliphatic rings. The van der Waals surface area contributed by atoms with Crippen LogP contribution in [0.1, 0.15) is 51.5 Å². The smallest absolute Gasteiger partial charge is 0.328 e. The molecule has 1 rings (SSSR count). The maximum atomic E-state index is 13.7. The number of aliphatic carboxylic acids is 1. The molecule has 0 spiro atoms. The van der Waals surface area contributed by atoms with Crippen LogP contribution < -0.4 is 49.5 Å². The molecule has 1 aromatic carbocycles. The Bertz CT molecular complexity index is 1390. The summed E-state index contributed by atoms with van der Waals surface area (Å²) in [6, 6.07) is 0.223. The highest BCUT2D eigenvalue weighted by Crippen LogP contribution is 2.09. The lowest BCUT2D eigenvalue weighted by molar-refractivity contribution is -0.143. The summed E-state index contributed by atoms with van der Waals surface area (Å²) >= 11 is 0. The number of primary amides is 1. The zero-order chi connectivity index (χ0) is 39.4. The molecule has 52 heavy (non-hydrogen) atoms. The minimum Gasteiger partial charge on any atom is -0.480 e. The second-order valence-corrected chi connectivity index (χ2v) is 12.4. The number of hydrogen-bond donors (Lipinski definition) is 12. The Kier molecular flexibility index (Phi) is 19.9. The van der Waals surface area contributed by atoms with Crippen molar-refractivity contribution in [1.82, 2.24) is 26.6 Å². The number of guanidine groups is 1. The summed E-state index contributed by atoms with van der Waals surface area (Å²) in [6.45, 7) is 1.67. The molecule has 6 amide bonds. The van der Waals surface area contributed by atoms with Crippen molar-refractivity contribution in [3.05, 3.63) is 35.9 Å². The van der Waals surface area contributed by atoms with E-state index in [1.807, 2.05) is 0 Å². The molecular formula is C32H52N10O10. The maximum absolute atomic E-state index is 13.7. The molecule has 0 bridgehead atoms. The van der Waals surface area contributed by atoms with Gasteiger partial charge in [0, 0.05) is 19.4 Å². The van der Waals surface area contributed by atoms with Crippen molar-refractivity contribution >= 4 is 47.4 Å². The van der Waals surface area contributed by atoms with Gasteiger partial charge in [0.25, 0.3) is 0 Å². The number of nitrogens with one attached hydrogen (secondary N) is 5. The fraction of sp³-hybridized carbons (Fsp3) is 0.562. The lowest BCUT2D eigenvalue weighted by Gasteiger charge is -2.27. The van der Waals surface area contributed by atoms with Crippen molar-refractivity contribution in [2.75, 3.05) is 19.8 Å². The number of nitrogens with two attached hydrogens (primary N) is 4. The Morgan fingerprint density at radius 3 is 1.73 bits per heavy atom. The number of aliphatic imine (C=N–C) groups is 1. The first-order valence-electron chi connectivity index (χ1n) is 16.6. The number of benzene rings is 1. The molecule has 6 atom stereocenters. The molecule has 0 fully saturated rings. The summed E-state index contributed by atoms with van der Waals surface area (Å²) in [4.78, 5) is 92.6. The molecule has 16 N–H and O–H groups in total. The van der Waals surface area contributed by atoms with Gasteiger partial charge in [-0.3, -0.25) is 33.8 Å². The maximum Gasteiger partial charge on any atom is 0.328 e. The van der Waals surface area contributed by atoms with E-state index < -0.39 is 90.9 Å². The number of aliphatic hydroxyl groups is 2. The van der Waals surface area contributed by atoms with E-state index in [1.165, 1.54) is 0 Å². The van der Waals surface area contributed by atoms with Crippen molar-refractivity contribution < 1.29 is 48.9 Å². The fourth-order valence-corrected chi connectivity index (χ4v) is 4.71. The lowest BCUT2D eigenvalue weighted by Crippen LogP contribution is -2.60. The van der Waals surface area contributed by atoms with Gasteiger partial charge in [-0.1, -0.05) is 44.2 Å². The second kappa shape index (κ2) is 23.2. The molecule has 20 heteroatoms. The first-order chi connectivity index (χ1) is 24.5. The number of carbonyl (C=O) groups is 7. The van der Waals surface area contributed by atoms with Crippen molar-refractivity contribution in [1.29, 1.82) is 0 Å². The van der Waals surface area contributed by atoms with Gasteiger partial charge in [-0.05, 0) is 37.2 Å². The van der Waals surface area contributed by atoms with Gasteiger partial charge < -0.3 is 64.8 Å². The van der Waals surface area contributed by atoms with Crippen molar-refractivity contribution in [3.63, 3.8) is 0 Å². The summed E-state index contributed by atoms with van der Waals surface area (Å²) < 4.78 is 0. The quantitative estimate of drug-likeness (QED) is 0.0270. The van der Waals surface area contributed by atoms with Crippen LogP contribution in [0.3, 0.4) is 0 Å². The zero-order valence-corrected chi connectivity index (χ0v) is 29.2. The van der Waals surface area contributed by atoms with Crippen LogP contribution in [0.25, 0.3) is 0 Å². The van der Waals surface area contributed by atoms with E-state index in [-0.39, 0.29) is 56.9 Å². The van der Waals surface area contributed by atoms with E-state index in [4.69, 9.17) is 22.9 Å². The van der Waals surface area contributed by atoms with Crippen LogP contribution >= 0.6 is 0 Å². The van der Waals surface area contributed by atoms with Gasteiger partial charge in [0.05, 0.1) is 19.3 Å². The molecule has 1 aromatic rings. The van der Waals surface area contributed by atoms with Crippen LogP contribution in [0.4, 0.5) is 0 Å². The van der Waals surface area contributed by atoms with E-state index in [1.54, 1.807) is 44.2 Å². The largest absolute Gasteiger partial charge is 0.480 e. The first-order valence-corrected chi connectivity index (χ1v) is 16.6. The molecule has 0 heterocycles. The Hall–Kier alpha value is -5.34. The highest BCUT2D eigenvalue weighted by molar-refractivity contribution is 5.96. The molecule has 0 saturated carbocycles. The van der Waals surface area contributed by atoms with Crippen LogP contribution in [-0.4, -0.2) is 119 Å². The highest BCUT2D eigenvalue weighted by Gasteiger charge is 2.33. The molecule has 0 radical (unpaired) electrons. The average Bonchev–Trinajstić information content (AvgIpc) is 3.08. The van der Waals surface area contributed by atoms with E-state index in [2.05, 4.69) is 31.6 Å². The molecule has 0 saturated heterocycles. The molecule has 20 nitrogen and oxygen atoms in total. The minimum atomic E-state index is -1.64. The first kappa shape index (κ1) is 44.7. The molecule has 0 aliphatic heterocycles. The molecule has 0 unspecified atom stereocenters. The van der Waals surface area contributed by atoms with E-state index in [0.29, 0.717) is 5.56 Å². The number of rotatable bonds is 24. The number of hydrogen-bond acceptors (Lipinski definition) is 11. The fourth-order valence-electron chi connectivity index (χ4n) is 4.71. The summed E-state index contributed by atoms with van der Waals surface area (Å²) in [5, 5.41) is 40.5. The van der Waals surface area contributed by atoms with Crippen LogP contribution in [0.2, 0.25) is 0 Å². The topological polar surface area (TPSA) is 357 Å². The van der Waals surface area contributed by atoms with E-state index in [0.717, 1.165) is 0 Å². The number of carboxylic acids is 1. The Morgan fingerprint density at radius 1 is 0.692 bits per heavy atom. The minimum absolute atomic E-state index is 0.0245. The Balaban J connectivity index is 3.27. The van der Waals surface area contributed by atoms with Crippen molar-refractivity contribution in [2.45, 2.75) is 88.6 Å². The van der Waals surface area contributed by atoms with Gasteiger partial charge in [0.1, 0.15) is 30.2 Å². The van der Waals surface area contributed by atoms with Gasteiger partial charge in [0.2, 0.25) is 35.4 Å². The normalized spacial score (nSPS) is 14.3. The van der Waals surface area contributed by atoms with Crippen LogP contribution in [0.5, 0.6) is 0 Å². The summed E-state index contributed by atoms with van der Waals surface area (Å²) in [5.41, 5.74) is 22.5. The van der Waals surface area contributed by atoms with Crippen LogP contribution in [0, 0.1) is 5.92 Å². The van der Waals surface area contributed by atoms with Crippen LogP contribution in [0.15, 0.2) is 35.3 Å². The number of amides is 6. The number of nitrogens with zero attached hydrogens (tertiary/aromatic N) is 1. The molecule has 290 valence electrons. The lowest BCUT2D eigenvalue weighted by atomic mass is 10.0. The second-order valence-electron chi connectivity index (χ2n) is 12.4. The predicted octanol–water partition coefficient (Wildman–Crippen LogP) is -4.59. The average molecular weight is 737 g/mol. The third-order valence-electron chi connectivity index (χ3n) is 7.49. The van der Waals surface area contributed by atoms with Gasteiger partial charge in [-0.25, -0.2) is 4.79 Å². The monoisotopic (exact) mass is 736 g/mol. The van der Waals surface area contributed by atoms with Gasteiger partial charge in [-0.2, -0.15) is 0 Å². The number of aliphatic hydroxyl groups excluding tert-OH is 2. The number of carboxylic acid groups (broad SMARTS) is 1. The Labute approximate surface area is 300 Å². The van der Waals surface area contributed by atoms with E-state index >= 15 is 0 Å². The SMILES string of the molecule is CC(C)C[C@H](NC(=O)[C@H](CO)NC(=O)[C@H](CCCN=C(N)N)NC(=O)[C@H](Cc1ccccc1)NC(=O)[C@@H](N)CCC(N)=O)C(=O)N[C@@H](CO)C(=O)O. The van der Waals surface area contributed by atoms with Crippen molar-refractivity contribution in [2.24, 2.45) is 33.8 Å². The van der Waals surface area contributed by atoms with Crippen molar-refractivity contribution in [3.8, 4) is 0 Å². The van der Waals surface area contributed by atoms with Gasteiger partial charge >= 0.3 is 5.97 Å².